The van der Waals surface area contributed by atoms with Crippen molar-refractivity contribution in [1.82, 2.24) is 14.8 Å². The first-order chi connectivity index (χ1) is 16.9. The van der Waals surface area contributed by atoms with Gasteiger partial charge in [0.2, 0.25) is 5.91 Å². The van der Waals surface area contributed by atoms with Crippen molar-refractivity contribution in [2.24, 2.45) is 0 Å². The van der Waals surface area contributed by atoms with Crippen LogP contribution in [0.3, 0.4) is 0 Å². The lowest BCUT2D eigenvalue weighted by Crippen LogP contribution is -2.23. The number of amides is 1. The Morgan fingerprint density at radius 3 is 2.40 bits per heavy atom. The summed E-state index contributed by atoms with van der Waals surface area (Å²) in [5.41, 5.74) is 2.59. The Morgan fingerprint density at radius 2 is 1.71 bits per heavy atom. The third-order valence-electron chi connectivity index (χ3n) is 5.21. The van der Waals surface area contributed by atoms with Gasteiger partial charge in [-0.2, -0.15) is 0 Å². The molecule has 0 fully saturated rings. The Morgan fingerprint density at radius 1 is 1.03 bits per heavy atom. The van der Waals surface area contributed by atoms with Crippen molar-refractivity contribution in [3.05, 3.63) is 90.5 Å². The molecule has 1 N–H and O–H groups in total. The number of aromatic nitrogens is 3. The fraction of sp³-hybridized carbons (Fsp3) is 0.192. The smallest absolute Gasteiger partial charge is 0.237 e. The number of carbonyl (C=O) groups excluding carboxylic acids is 1. The van der Waals surface area contributed by atoms with E-state index in [0.29, 0.717) is 11.0 Å². The molecule has 0 aliphatic heterocycles. The van der Waals surface area contributed by atoms with Crippen molar-refractivity contribution in [3.63, 3.8) is 0 Å². The number of thioether (sulfide) groups is 1. The van der Waals surface area contributed by atoms with E-state index < -0.39 is 11.1 Å². The van der Waals surface area contributed by atoms with E-state index >= 15 is 0 Å². The van der Waals surface area contributed by atoms with Crippen LogP contribution in [0, 0.1) is 5.82 Å². The standard InChI is InChI=1S/C26H26FN5O2S/c1-18(25(33)28-19-13-15-20(16-14-19)31(2)3)35-26-30-29-24(32(26)21-9-5-4-6-10-21)17-34-23-12-8-7-11-22(23)27/h4-16,18H,17H2,1-3H3,(H,28,33). The Hall–Kier alpha value is -3.85. The molecule has 9 heteroatoms. The first-order valence-electron chi connectivity index (χ1n) is 11.0. The van der Waals surface area contributed by atoms with Crippen molar-refractivity contribution >= 4 is 29.0 Å². The second kappa shape index (κ2) is 11.1. The number of halogens is 1. The van der Waals surface area contributed by atoms with Crippen LogP contribution in [0.4, 0.5) is 15.8 Å². The highest BCUT2D eigenvalue weighted by atomic mass is 32.2. The largest absolute Gasteiger partial charge is 0.483 e. The Labute approximate surface area is 207 Å². The van der Waals surface area contributed by atoms with Gasteiger partial charge in [0.05, 0.1) is 5.25 Å². The number of benzene rings is 3. The number of nitrogens with zero attached hydrogens (tertiary/aromatic N) is 4. The molecule has 0 bridgehead atoms. The highest BCUT2D eigenvalue weighted by molar-refractivity contribution is 8.00. The van der Waals surface area contributed by atoms with Gasteiger partial charge in [0.15, 0.2) is 22.5 Å². The van der Waals surface area contributed by atoms with Crippen LogP contribution in [0.5, 0.6) is 5.75 Å². The number of nitrogens with one attached hydrogen (secondary N) is 1. The van der Waals surface area contributed by atoms with E-state index in [1.165, 1.54) is 17.8 Å². The second-order valence-corrected chi connectivity index (χ2v) is 9.29. The number of ether oxygens (including phenoxy) is 1. The molecule has 0 saturated heterocycles. The monoisotopic (exact) mass is 491 g/mol. The molecular formula is C26H26FN5O2S. The summed E-state index contributed by atoms with van der Waals surface area (Å²) in [5.74, 6) is 0.0299. The lowest BCUT2D eigenvalue weighted by Gasteiger charge is -2.15. The molecule has 0 aliphatic rings. The molecule has 4 aromatic rings. The molecule has 4 rings (SSSR count). The highest BCUT2D eigenvalue weighted by Gasteiger charge is 2.22. The van der Waals surface area contributed by atoms with Crippen molar-refractivity contribution < 1.29 is 13.9 Å². The number of anilines is 2. The fourth-order valence-corrected chi connectivity index (χ4v) is 4.20. The van der Waals surface area contributed by atoms with Gasteiger partial charge in [0.1, 0.15) is 6.61 Å². The SMILES string of the molecule is CC(Sc1nnc(COc2ccccc2F)n1-c1ccccc1)C(=O)Nc1ccc(N(C)C)cc1. The number of para-hydroxylation sites is 2. The molecule has 1 amide bonds. The number of hydrogen-bond acceptors (Lipinski definition) is 6. The minimum atomic E-state index is -0.449. The van der Waals surface area contributed by atoms with Crippen molar-refractivity contribution in [2.45, 2.75) is 23.9 Å². The minimum absolute atomic E-state index is 0.0161. The van der Waals surface area contributed by atoms with Gasteiger partial charge >= 0.3 is 0 Å². The van der Waals surface area contributed by atoms with Crippen LogP contribution in [0.15, 0.2) is 84.0 Å². The third-order valence-corrected chi connectivity index (χ3v) is 6.25. The van der Waals surface area contributed by atoms with Gasteiger partial charge in [0, 0.05) is 31.2 Å². The summed E-state index contributed by atoms with van der Waals surface area (Å²) in [6.07, 6.45) is 0. The molecule has 1 heterocycles. The summed E-state index contributed by atoms with van der Waals surface area (Å²) in [4.78, 5) is 14.9. The summed E-state index contributed by atoms with van der Waals surface area (Å²) >= 11 is 1.29. The second-order valence-electron chi connectivity index (χ2n) is 7.98. The number of hydrogen-bond donors (Lipinski definition) is 1. The lowest BCUT2D eigenvalue weighted by atomic mass is 10.2. The van der Waals surface area contributed by atoms with E-state index in [0.717, 1.165) is 17.1 Å². The predicted molar refractivity (Wildman–Crippen MR) is 137 cm³/mol. The van der Waals surface area contributed by atoms with Crippen LogP contribution in [-0.4, -0.2) is 40.0 Å². The van der Waals surface area contributed by atoms with Gasteiger partial charge < -0.3 is 15.0 Å². The molecule has 1 atom stereocenters. The Bertz CT molecular complexity index is 1280. The van der Waals surface area contributed by atoms with Gasteiger partial charge in [-0.1, -0.05) is 42.1 Å². The summed E-state index contributed by atoms with van der Waals surface area (Å²) < 4.78 is 21.5. The Kier molecular flexibility index (Phi) is 7.67. The zero-order valence-corrected chi connectivity index (χ0v) is 20.5. The summed E-state index contributed by atoms with van der Waals surface area (Å²) in [6.45, 7) is 1.83. The normalized spacial score (nSPS) is 11.7. The third kappa shape index (κ3) is 5.99. The average Bonchev–Trinajstić information content (AvgIpc) is 3.26. The van der Waals surface area contributed by atoms with Crippen LogP contribution in [0.25, 0.3) is 5.69 Å². The van der Waals surface area contributed by atoms with Crippen molar-refractivity contribution in [1.29, 1.82) is 0 Å². The molecule has 0 spiro atoms. The highest BCUT2D eigenvalue weighted by Crippen LogP contribution is 2.27. The maximum atomic E-state index is 14.0. The zero-order valence-electron chi connectivity index (χ0n) is 19.7. The van der Waals surface area contributed by atoms with Crippen molar-refractivity contribution in [2.75, 3.05) is 24.3 Å². The van der Waals surface area contributed by atoms with E-state index in [1.807, 2.05) is 85.1 Å². The molecule has 180 valence electrons. The summed E-state index contributed by atoms with van der Waals surface area (Å²) in [7, 11) is 3.93. The van der Waals surface area contributed by atoms with E-state index in [-0.39, 0.29) is 18.3 Å². The fourth-order valence-electron chi connectivity index (χ4n) is 3.31. The maximum Gasteiger partial charge on any atom is 0.237 e. The van der Waals surface area contributed by atoms with E-state index in [9.17, 15) is 9.18 Å². The van der Waals surface area contributed by atoms with Gasteiger partial charge in [-0.3, -0.25) is 9.36 Å². The average molecular weight is 492 g/mol. The van der Waals surface area contributed by atoms with Crippen LogP contribution < -0.4 is 15.0 Å². The zero-order chi connectivity index (χ0) is 24.8. The van der Waals surface area contributed by atoms with Crippen LogP contribution in [0.1, 0.15) is 12.7 Å². The molecule has 7 nitrogen and oxygen atoms in total. The van der Waals surface area contributed by atoms with Gasteiger partial charge in [-0.05, 0) is 55.5 Å². The predicted octanol–water partition coefficient (Wildman–Crippen LogP) is 5.17. The maximum absolute atomic E-state index is 14.0. The van der Waals surface area contributed by atoms with Crippen LogP contribution >= 0.6 is 11.8 Å². The van der Waals surface area contributed by atoms with Gasteiger partial charge in [-0.25, -0.2) is 4.39 Å². The topological polar surface area (TPSA) is 72.3 Å². The number of carbonyl (C=O) groups is 1. The van der Waals surface area contributed by atoms with Gasteiger partial charge in [0.25, 0.3) is 0 Å². The first kappa shape index (κ1) is 24.3. The van der Waals surface area contributed by atoms with Gasteiger partial charge in [-0.15, -0.1) is 10.2 Å². The minimum Gasteiger partial charge on any atom is -0.483 e. The summed E-state index contributed by atoms with van der Waals surface area (Å²) in [5, 5.41) is 11.6. The molecule has 1 aromatic heterocycles. The Balaban J connectivity index is 1.51. The van der Waals surface area contributed by atoms with Crippen LogP contribution in [-0.2, 0) is 11.4 Å². The quantitative estimate of drug-likeness (QED) is 0.326. The van der Waals surface area contributed by atoms with E-state index in [2.05, 4.69) is 15.5 Å². The van der Waals surface area contributed by atoms with E-state index in [4.69, 9.17) is 4.74 Å². The molecule has 0 aliphatic carbocycles. The molecule has 0 saturated carbocycles. The molecule has 35 heavy (non-hydrogen) atoms. The van der Waals surface area contributed by atoms with E-state index in [1.54, 1.807) is 18.2 Å². The molecular weight excluding hydrogens is 465 g/mol. The van der Waals surface area contributed by atoms with Crippen LogP contribution in [0.2, 0.25) is 0 Å². The summed E-state index contributed by atoms with van der Waals surface area (Å²) in [6, 6.07) is 23.4. The first-order valence-corrected chi connectivity index (χ1v) is 11.9. The molecule has 0 radical (unpaired) electrons. The van der Waals surface area contributed by atoms with Crippen molar-refractivity contribution in [3.8, 4) is 11.4 Å². The molecule has 3 aromatic carbocycles. The molecule has 1 unspecified atom stereocenters. The number of rotatable bonds is 9. The lowest BCUT2D eigenvalue weighted by molar-refractivity contribution is -0.115.